The van der Waals surface area contributed by atoms with Crippen LogP contribution in [-0.2, 0) is 0 Å². The van der Waals surface area contributed by atoms with E-state index in [1.54, 1.807) is 23.2 Å². The lowest BCUT2D eigenvalue weighted by Crippen LogP contribution is -2.51. The van der Waals surface area contributed by atoms with E-state index in [-0.39, 0.29) is 11.8 Å². The fourth-order valence-corrected chi connectivity index (χ4v) is 3.36. The molecule has 1 aromatic rings. The fraction of sp³-hybridized carbons (Fsp3) is 0.500. The van der Waals surface area contributed by atoms with Crippen molar-refractivity contribution in [3.05, 3.63) is 42.4 Å². The van der Waals surface area contributed by atoms with E-state index in [0.717, 1.165) is 0 Å². The zero-order valence-corrected chi connectivity index (χ0v) is 13.4. The molecule has 124 valence electrons. The third-order valence-corrected chi connectivity index (χ3v) is 4.74. The molecule has 4 nitrogen and oxygen atoms in total. The summed E-state index contributed by atoms with van der Waals surface area (Å²) in [5.41, 5.74) is 0.619. The van der Waals surface area contributed by atoms with Gasteiger partial charge in [0.05, 0.1) is 5.69 Å². The highest BCUT2D eigenvalue weighted by molar-refractivity contribution is 5.75. The average molecular weight is 317 g/mol. The molecule has 0 aromatic heterocycles. The van der Waals surface area contributed by atoms with Gasteiger partial charge in [0, 0.05) is 32.4 Å². The number of piperazine rings is 1. The third kappa shape index (κ3) is 4.03. The number of anilines is 1. The fourth-order valence-electron chi connectivity index (χ4n) is 3.36. The largest absolute Gasteiger partial charge is 0.366 e. The number of allylic oxidation sites excluding steroid dienone is 1. The molecule has 2 amide bonds. The molecule has 0 unspecified atom stereocenters. The lowest BCUT2D eigenvalue weighted by molar-refractivity contribution is 0.198. The van der Waals surface area contributed by atoms with Crippen LogP contribution in [0.4, 0.5) is 14.9 Å². The van der Waals surface area contributed by atoms with Crippen LogP contribution >= 0.6 is 0 Å². The van der Waals surface area contributed by atoms with Crippen LogP contribution < -0.4 is 10.2 Å². The van der Waals surface area contributed by atoms with Gasteiger partial charge in [-0.3, -0.25) is 0 Å². The number of carbonyl (C=O) groups is 1. The molecule has 2 fully saturated rings. The minimum Gasteiger partial charge on any atom is -0.366 e. The predicted octanol–water partition coefficient (Wildman–Crippen LogP) is 3.36. The van der Waals surface area contributed by atoms with Crippen molar-refractivity contribution in [2.24, 2.45) is 5.92 Å². The quantitative estimate of drug-likeness (QED) is 0.928. The Kier molecular flexibility index (Phi) is 5.16. The second kappa shape index (κ2) is 7.49. The Morgan fingerprint density at radius 3 is 2.52 bits per heavy atom. The molecule has 1 aliphatic carbocycles. The number of para-hydroxylation sites is 1. The Bertz CT molecular complexity index is 561. The summed E-state index contributed by atoms with van der Waals surface area (Å²) >= 11 is 0. The molecule has 1 aromatic carbocycles. The number of urea groups is 1. The van der Waals surface area contributed by atoms with E-state index in [2.05, 4.69) is 11.4 Å². The average Bonchev–Trinajstić information content (AvgIpc) is 3.09. The highest BCUT2D eigenvalue weighted by atomic mass is 19.1. The molecule has 0 atom stereocenters. The van der Waals surface area contributed by atoms with Gasteiger partial charge in [-0.05, 0) is 30.9 Å². The highest BCUT2D eigenvalue weighted by Crippen LogP contribution is 2.25. The normalized spacial score (nSPS) is 19.5. The van der Waals surface area contributed by atoms with Crippen molar-refractivity contribution in [2.75, 3.05) is 31.1 Å². The Morgan fingerprint density at radius 1 is 1.13 bits per heavy atom. The molecule has 0 spiro atoms. The summed E-state index contributed by atoms with van der Waals surface area (Å²) in [6, 6.07) is 6.73. The number of halogens is 1. The molecular weight excluding hydrogens is 293 g/mol. The number of nitrogens with zero attached hydrogens (tertiary/aromatic N) is 2. The zero-order valence-electron chi connectivity index (χ0n) is 13.4. The number of rotatable bonds is 3. The molecule has 2 aliphatic rings. The molecule has 1 saturated carbocycles. The minimum atomic E-state index is -0.204. The predicted molar refractivity (Wildman–Crippen MR) is 89.8 cm³/mol. The van der Waals surface area contributed by atoms with Crippen LogP contribution in [-0.4, -0.2) is 37.1 Å². The van der Waals surface area contributed by atoms with Crippen LogP contribution in [0.1, 0.15) is 25.7 Å². The van der Waals surface area contributed by atoms with E-state index in [9.17, 15) is 9.18 Å². The summed E-state index contributed by atoms with van der Waals surface area (Å²) in [4.78, 5) is 15.9. The number of hydrogen-bond donors (Lipinski definition) is 1. The van der Waals surface area contributed by atoms with Gasteiger partial charge in [-0.1, -0.05) is 31.1 Å². The monoisotopic (exact) mass is 317 g/mol. The zero-order chi connectivity index (χ0) is 16.1. The molecule has 0 bridgehead atoms. The molecule has 1 N–H and O–H groups in total. The van der Waals surface area contributed by atoms with E-state index < -0.39 is 0 Å². The summed E-state index contributed by atoms with van der Waals surface area (Å²) in [6.07, 6.45) is 8.95. The maximum absolute atomic E-state index is 13.8. The van der Waals surface area contributed by atoms with Crippen molar-refractivity contribution in [2.45, 2.75) is 25.7 Å². The van der Waals surface area contributed by atoms with Crippen LogP contribution in [0, 0.1) is 11.7 Å². The van der Waals surface area contributed by atoms with Crippen molar-refractivity contribution in [3.8, 4) is 0 Å². The topological polar surface area (TPSA) is 35.6 Å². The molecule has 5 heteroatoms. The van der Waals surface area contributed by atoms with Crippen LogP contribution in [0.3, 0.4) is 0 Å². The second-order valence-corrected chi connectivity index (χ2v) is 6.28. The standard InChI is InChI=1S/C18H24FN3O/c19-16-7-3-4-8-17(16)21-11-13-22(14-12-21)18(23)20-10-9-15-5-1-2-6-15/h3-4,7-10,15H,1-2,5-6,11-14H2,(H,20,23)/b10-9+. The Labute approximate surface area is 137 Å². The first-order valence-corrected chi connectivity index (χ1v) is 8.45. The van der Waals surface area contributed by atoms with Crippen molar-refractivity contribution in [1.82, 2.24) is 10.2 Å². The van der Waals surface area contributed by atoms with Crippen LogP contribution in [0.2, 0.25) is 0 Å². The molecule has 0 radical (unpaired) electrons. The van der Waals surface area contributed by atoms with Crippen LogP contribution in [0.5, 0.6) is 0 Å². The number of hydrogen-bond acceptors (Lipinski definition) is 2. The second-order valence-electron chi connectivity index (χ2n) is 6.28. The van der Waals surface area contributed by atoms with E-state index in [1.165, 1.54) is 31.7 Å². The molecule has 1 heterocycles. The van der Waals surface area contributed by atoms with Gasteiger partial charge in [-0.2, -0.15) is 0 Å². The SMILES string of the molecule is O=C(N/C=C/C1CCCC1)N1CCN(c2ccccc2F)CC1. The number of nitrogens with one attached hydrogen (secondary N) is 1. The van der Waals surface area contributed by atoms with E-state index in [1.807, 2.05) is 11.0 Å². The van der Waals surface area contributed by atoms with Gasteiger partial charge in [0.15, 0.2) is 0 Å². The van der Waals surface area contributed by atoms with Crippen LogP contribution in [0.25, 0.3) is 0 Å². The molecular formula is C18H24FN3O. The summed E-state index contributed by atoms with van der Waals surface area (Å²) in [5, 5.41) is 2.86. The highest BCUT2D eigenvalue weighted by Gasteiger charge is 2.22. The molecule has 3 rings (SSSR count). The maximum atomic E-state index is 13.8. The van der Waals surface area contributed by atoms with Crippen molar-refractivity contribution < 1.29 is 9.18 Å². The van der Waals surface area contributed by atoms with Crippen LogP contribution in [0.15, 0.2) is 36.5 Å². The lowest BCUT2D eigenvalue weighted by atomic mass is 10.1. The summed E-state index contributed by atoms with van der Waals surface area (Å²) in [5.74, 6) is 0.415. The maximum Gasteiger partial charge on any atom is 0.321 e. The van der Waals surface area contributed by atoms with Crippen molar-refractivity contribution in [3.63, 3.8) is 0 Å². The Hall–Kier alpha value is -2.04. The number of amides is 2. The number of benzene rings is 1. The van der Waals surface area contributed by atoms with Gasteiger partial charge in [0.25, 0.3) is 0 Å². The number of carbonyl (C=O) groups excluding carboxylic acids is 1. The summed E-state index contributed by atoms with van der Waals surface area (Å²) < 4.78 is 13.8. The smallest absolute Gasteiger partial charge is 0.321 e. The third-order valence-electron chi connectivity index (χ3n) is 4.74. The molecule has 23 heavy (non-hydrogen) atoms. The van der Waals surface area contributed by atoms with Gasteiger partial charge in [-0.25, -0.2) is 9.18 Å². The Balaban J connectivity index is 1.46. The summed E-state index contributed by atoms with van der Waals surface area (Å²) in [7, 11) is 0. The van der Waals surface area contributed by atoms with Gasteiger partial charge in [-0.15, -0.1) is 0 Å². The van der Waals surface area contributed by atoms with Gasteiger partial charge < -0.3 is 15.1 Å². The van der Waals surface area contributed by atoms with Crippen molar-refractivity contribution >= 4 is 11.7 Å². The van der Waals surface area contributed by atoms with E-state index in [0.29, 0.717) is 37.8 Å². The van der Waals surface area contributed by atoms with E-state index in [4.69, 9.17) is 0 Å². The van der Waals surface area contributed by atoms with E-state index >= 15 is 0 Å². The first-order chi connectivity index (χ1) is 11.2. The first kappa shape index (κ1) is 15.8. The van der Waals surface area contributed by atoms with Gasteiger partial charge >= 0.3 is 6.03 Å². The Morgan fingerprint density at radius 2 is 1.83 bits per heavy atom. The first-order valence-electron chi connectivity index (χ1n) is 8.45. The lowest BCUT2D eigenvalue weighted by Gasteiger charge is -2.35. The van der Waals surface area contributed by atoms with Crippen molar-refractivity contribution in [1.29, 1.82) is 0 Å². The van der Waals surface area contributed by atoms with Gasteiger partial charge in [0.1, 0.15) is 5.82 Å². The van der Waals surface area contributed by atoms with Gasteiger partial charge in [0.2, 0.25) is 0 Å². The molecule has 1 aliphatic heterocycles. The minimum absolute atomic E-state index is 0.0626. The molecule has 1 saturated heterocycles. The summed E-state index contributed by atoms with van der Waals surface area (Å²) in [6.45, 7) is 2.52.